The van der Waals surface area contributed by atoms with E-state index in [9.17, 15) is 0 Å². The number of hydrogen-bond donors (Lipinski definition) is 0. The van der Waals surface area contributed by atoms with Crippen LogP contribution in [0.15, 0.2) is 52.7 Å². The van der Waals surface area contributed by atoms with Crippen LogP contribution in [-0.4, -0.2) is 14.1 Å². The molecule has 4 nitrogen and oxygen atoms in total. The Bertz CT molecular complexity index is 664. The quantitative estimate of drug-likeness (QED) is 0.774. The standard InChI is InChI=1S/C16H16N4/c1-12-10-15(20(2)3)8-9-16(12)19-18-14-6-4-13(11-17)5-7-14/h4-10H,1-3H3. The molecular formula is C16H16N4. The van der Waals surface area contributed by atoms with E-state index in [2.05, 4.69) is 27.3 Å². The van der Waals surface area contributed by atoms with Gasteiger partial charge in [-0.1, -0.05) is 0 Å². The summed E-state index contributed by atoms with van der Waals surface area (Å²) in [5, 5.41) is 17.2. The van der Waals surface area contributed by atoms with Gasteiger partial charge in [0.1, 0.15) is 0 Å². The Morgan fingerprint density at radius 3 is 2.25 bits per heavy atom. The minimum Gasteiger partial charge on any atom is -0.378 e. The van der Waals surface area contributed by atoms with Crippen LogP contribution >= 0.6 is 0 Å². The van der Waals surface area contributed by atoms with E-state index in [1.54, 1.807) is 24.3 Å². The van der Waals surface area contributed by atoms with Gasteiger partial charge in [0.2, 0.25) is 0 Å². The van der Waals surface area contributed by atoms with Gasteiger partial charge in [-0.15, -0.1) is 0 Å². The zero-order valence-corrected chi connectivity index (χ0v) is 11.8. The van der Waals surface area contributed by atoms with Crippen molar-refractivity contribution < 1.29 is 0 Å². The smallest absolute Gasteiger partial charge is 0.0991 e. The monoisotopic (exact) mass is 264 g/mol. The molecular weight excluding hydrogens is 248 g/mol. The van der Waals surface area contributed by atoms with Crippen molar-refractivity contribution in [2.45, 2.75) is 6.92 Å². The van der Waals surface area contributed by atoms with Crippen LogP contribution in [0.4, 0.5) is 17.1 Å². The predicted octanol–water partition coefficient (Wildman–Crippen LogP) is 4.35. The molecule has 0 aliphatic carbocycles. The van der Waals surface area contributed by atoms with Crippen LogP contribution in [-0.2, 0) is 0 Å². The van der Waals surface area contributed by atoms with Crippen LogP contribution in [0.1, 0.15) is 11.1 Å². The van der Waals surface area contributed by atoms with Crippen molar-refractivity contribution in [1.82, 2.24) is 0 Å². The van der Waals surface area contributed by atoms with Crippen molar-refractivity contribution in [3.05, 3.63) is 53.6 Å². The Morgan fingerprint density at radius 2 is 1.70 bits per heavy atom. The average Bonchev–Trinajstić information content (AvgIpc) is 2.46. The number of benzene rings is 2. The van der Waals surface area contributed by atoms with Gasteiger partial charge in [-0.05, 0) is 55.0 Å². The first-order chi connectivity index (χ1) is 9.60. The van der Waals surface area contributed by atoms with Crippen molar-refractivity contribution >= 4 is 17.1 Å². The third kappa shape index (κ3) is 3.21. The first-order valence-electron chi connectivity index (χ1n) is 6.30. The molecule has 0 aromatic heterocycles. The maximum Gasteiger partial charge on any atom is 0.0991 e. The lowest BCUT2D eigenvalue weighted by atomic mass is 10.2. The van der Waals surface area contributed by atoms with E-state index >= 15 is 0 Å². The lowest BCUT2D eigenvalue weighted by Crippen LogP contribution is -2.08. The molecule has 0 bridgehead atoms. The second kappa shape index (κ2) is 5.98. The number of anilines is 1. The van der Waals surface area contributed by atoms with E-state index in [1.807, 2.05) is 33.2 Å². The van der Waals surface area contributed by atoms with Gasteiger partial charge < -0.3 is 4.90 Å². The van der Waals surface area contributed by atoms with E-state index in [0.29, 0.717) is 5.56 Å². The average molecular weight is 264 g/mol. The summed E-state index contributed by atoms with van der Waals surface area (Å²) < 4.78 is 0. The molecule has 0 heterocycles. The van der Waals surface area contributed by atoms with Crippen LogP contribution in [0, 0.1) is 18.3 Å². The van der Waals surface area contributed by atoms with Crippen LogP contribution < -0.4 is 4.90 Å². The van der Waals surface area contributed by atoms with Crippen molar-refractivity contribution in [3.63, 3.8) is 0 Å². The SMILES string of the molecule is Cc1cc(N(C)C)ccc1N=Nc1ccc(C#N)cc1. The molecule has 0 amide bonds. The fourth-order valence-electron chi connectivity index (χ4n) is 1.74. The number of aryl methyl sites for hydroxylation is 1. The molecule has 0 aliphatic heterocycles. The van der Waals surface area contributed by atoms with E-state index in [-0.39, 0.29) is 0 Å². The number of nitrogens with zero attached hydrogens (tertiary/aromatic N) is 4. The Balaban J connectivity index is 2.20. The summed E-state index contributed by atoms with van der Waals surface area (Å²) >= 11 is 0. The van der Waals surface area contributed by atoms with Gasteiger partial charge in [0, 0.05) is 19.8 Å². The highest BCUT2D eigenvalue weighted by Crippen LogP contribution is 2.25. The normalized spacial score (nSPS) is 10.5. The maximum atomic E-state index is 8.74. The summed E-state index contributed by atoms with van der Waals surface area (Å²) in [6, 6.07) is 15.2. The van der Waals surface area contributed by atoms with Crippen molar-refractivity contribution in [2.24, 2.45) is 10.2 Å². The first kappa shape index (κ1) is 13.8. The fourth-order valence-corrected chi connectivity index (χ4v) is 1.74. The third-order valence-corrected chi connectivity index (χ3v) is 2.97. The van der Waals surface area contributed by atoms with Crippen molar-refractivity contribution in [3.8, 4) is 6.07 Å². The summed E-state index contributed by atoms with van der Waals surface area (Å²) in [5.74, 6) is 0. The maximum absolute atomic E-state index is 8.74. The molecule has 20 heavy (non-hydrogen) atoms. The molecule has 0 fully saturated rings. The van der Waals surface area contributed by atoms with Crippen LogP contribution in [0.2, 0.25) is 0 Å². The molecule has 0 saturated carbocycles. The number of hydrogen-bond acceptors (Lipinski definition) is 4. The number of azo groups is 1. The minimum absolute atomic E-state index is 0.621. The summed E-state index contributed by atoms with van der Waals surface area (Å²) in [6.45, 7) is 2.01. The van der Waals surface area contributed by atoms with E-state index in [4.69, 9.17) is 5.26 Å². The van der Waals surface area contributed by atoms with Gasteiger partial charge in [0.25, 0.3) is 0 Å². The molecule has 0 saturated heterocycles. The van der Waals surface area contributed by atoms with E-state index in [1.165, 1.54) is 0 Å². The van der Waals surface area contributed by atoms with E-state index < -0.39 is 0 Å². The molecule has 2 rings (SSSR count). The second-order valence-electron chi connectivity index (χ2n) is 4.72. The highest BCUT2D eigenvalue weighted by Gasteiger charge is 2.00. The van der Waals surface area contributed by atoms with Crippen LogP contribution in [0.25, 0.3) is 0 Å². The molecule has 0 spiro atoms. The number of rotatable bonds is 3. The summed E-state index contributed by atoms with van der Waals surface area (Å²) in [6.07, 6.45) is 0. The molecule has 0 N–H and O–H groups in total. The van der Waals surface area contributed by atoms with E-state index in [0.717, 1.165) is 22.6 Å². The topological polar surface area (TPSA) is 51.8 Å². The lowest BCUT2D eigenvalue weighted by Gasteiger charge is -2.13. The van der Waals surface area contributed by atoms with Crippen LogP contribution in [0.3, 0.4) is 0 Å². The predicted molar refractivity (Wildman–Crippen MR) is 80.8 cm³/mol. The zero-order valence-electron chi connectivity index (χ0n) is 11.8. The lowest BCUT2D eigenvalue weighted by molar-refractivity contribution is 1.12. The Hall–Kier alpha value is -2.67. The van der Waals surface area contributed by atoms with Crippen LogP contribution in [0.5, 0.6) is 0 Å². The highest BCUT2D eigenvalue weighted by molar-refractivity contribution is 5.57. The molecule has 2 aromatic carbocycles. The van der Waals surface area contributed by atoms with Gasteiger partial charge in [-0.2, -0.15) is 15.5 Å². The molecule has 0 unspecified atom stereocenters. The third-order valence-electron chi connectivity index (χ3n) is 2.97. The minimum atomic E-state index is 0.621. The Labute approximate surface area is 119 Å². The van der Waals surface area contributed by atoms with Gasteiger partial charge in [0.05, 0.1) is 23.0 Å². The Morgan fingerprint density at radius 1 is 1.00 bits per heavy atom. The molecule has 100 valence electrons. The number of nitriles is 1. The van der Waals surface area contributed by atoms with Gasteiger partial charge >= 0.3 is 0 Å². The molecule has 2 aromatic rings. The van der Waals surface area contributed by atoms with Gasteiger partial charge in [0.15, 0.2) is 0 Å². The second-order valence-corrected chi connectivity index (χ2v) is 4.72. The van der Waals surface area contributed by atoms with Gasteiger partial charge in [-0.25, -0.2) is 0 Å². The summed E-state index contributed by atoms with van der Waals surface area (Å²) in [5.41, 5.74) is 4.42. The molecule has 4 heteroatoms. The molecule has 0 radical (unpaired) electrons. The largest absolute Gasteiger partial charge is 0.378 e. The first-order valence-corrected chi connectivity index (χ1v) is 6.30. The Kier molecular flexibility index (Phi) is 4.11. The summed E-state index contributed by atoms with van der Waals surface area (Å²) in [4.78, 5) is 2.05. The van der Waals surface area contributed by atoms with Gasteiger partial charge in [-0.3, -0.25) is 0 Å². The molecule has 0 aliphatic rings. The van der Waals surface area contributed by atoms with Crippen molar-refractivity contribution in [2.75, 3.05) is 19.0 Å². The van der Waals surface area contributed by atoms with Crippen molar-refractivity contribution in [1.29, 1.82) is 5.26 Å². The zero-order chi connectivity index (χ0) is 14.5. The fraction of sp³-hybridized carbons (Fsp3) is 0.188. The molecule has 0 atom stereocenters. The highest BCUT2D eigenvalue weighted by atomic mass is 15.1. The summed E-state index contributed by atoms with van der Waals surface area (Å²) in [7, 11) is 4.01.